The summed E-state index contributed by atoms with van der Waals surface area (Å²) in [5.41, 5.74) is 2.82. The molecular formula is C21H19FN4O2. The summed E-state index contributed by atoms with van der Waals surface area (Å²) in [4.78, 5) is 33.0. The van der Waals surface area contributed by atoms with Gasteiger partial charge in [-0.3, -0.25) is 9.36 Å². The molecule has 28 heavy (non-hydrogen) atoms. The van der Waals surface area contributed by atoms with Crippen LogP contribution in [-0.4, -0.2) is 38.4 Å². The number of H-pyrrole nitrogens is 2. The van der Waals surface area contributed by atoms with Gasteiger partial charge in [0.1, 0.15) is 11.5 Å². The second-order valence-corrected chi connectivity index (χ2v) is 7.26. The molecule has 2 aromatic heterocycles. The van der Waals surface area contributed by atoms with E-state index in [1.165, 1.54) is 12.1 Å². The van der Waals surface area contributed by atoms with Crippen LogP contribution in [0.2, 0.25) is 0 Å². The molecule has 0 bridgehead atoms. The van der Waals surface area contributed by atoms with E-state index in [0.717, 1.165) is 16.6 Å². The summed E-state index contributed by atoms with van der Waals surface area (Å²) in [7, 11) is 0. The lowest BCUT2D eigenvalue weighted by Crippen LogP contribution is -2.40. The molecule has 1 aliphatic heterocycles. The number of benzene rings is 2. The maximum absolute atomic E-state index is 13.4. The van der Waals surface area contributed by atoms with Crippen LogP contribution in [0.4, 0.5) is 4.39 Å². The first-order valence-electron chi connectivity index (χ1n) is 9.37. The first-order valence-corrected chi connectivity index (χ1v) is 9.37. The normalized spacial score (nSPS) is 15.5. The van der Waals surface area contributed by atoms with Gasteiger partial charge in [0.15, 0.2) is 0 Å². The van der Waals surface area contributed by atoms with Gasteiger partial charge in [-0.05, 0) is 49.2 Å². The first kappa shape index (κ1) is 16.8. The SMILES string of the molecule is O=C(c1cc2cc(F)ccc2[nH]1)N1CCC(n2c(=O)[nH]c3ccccc32)CC1. The predicted octanol–water partition coefficient (Wildman–Crippen LogP) is 3.43. The van der Waals surface area contributed by atoms with Crippen molar-refractivity contribution in [3.63, 3.8) is 0 Å². The van der Waals surface area contributed by atoms with Crippen LogP contribution in [0.5, 0.6) is 0 Å². The highest BCUT2D eigenvalue weighted by molar-refractivity contribution is 5.98. The van der Waals surface area contributed by atoms with E-state index in [4.69, 9.17) is 0 Å². The second kappa shape index (κ2) is 6.37. The van der Waals surface area contributed by atoms with Crippen molar-refractivity contribution in [3.8, 4) is 0 Å². The number of carbonyl (C=O) groups is 1. The number of amides is 1. The molecule has 1 fully saturated rings. The van der Waals surface area contributed by atoms with Crippen LogP contribution >= 0.6 is 0 Å². The van der Waals surface area contributed by atoms with Gasteiger partial charge >= 0.3 is 5.69 Å². The summed E-state index contributed by atoms with van der Waals surface area (Å²) in [6.07, 6.45) is 1.42. The summed E-state index contributed by atoms with van der Waals surface area (Å²) < 4.78 is 15.2. The van der Waals surface area contributed by atoms with Gasteiger partial charge < -0.3 is 14.9 Å². The van der Waals surface area contributed by atoms with Gasteiger partial charge in [-0.1, -0.05) is 12.1 Å². The van der Waals surface area contributed by atoms with Crippen LogP contribution < -0.4 is 5.69 Å². The quantitative estimate of drug-likeness (QED) is 0.561. The van der Waals surface area contributed by atoms with Crippen molar-refractivity contribution in [2.45, 2.75) is 18.9 Å². The highest BCUT2D eigenvalue weighted by Crippen LogP contribution is 2.26. The van der Waals surface area contributed by atoms with Gasteiger partial charge in [0.05, 0.1) is 11.0 Å². The minimum absolute atomic E-state index is 0.0597. The van der Waals surface area contributed by atoms with Crippen molar-refractivity contribution in [1.82, 2.24) is 19.4 Å². The monoisotopic (exact) mass is 378 g/mol. The van der Waals surface area contributed by atoms with Crippen molar-refractivity contribution in [1.29, 1.82) is 0 Å². The summed E-state index contributed by atoms with van der Waals surface area (Å²) in [6, 6.07) is 13.8. The van der Waals surface area contributed by atoms with Crippen LogP contribution in [0.1, 0.15) is 29.4 Å². The van der Waals surface area contributed by atoms with Crippen molar-refractivity contribution >= 4 is 27.8 Å². The molecule has 0 atom stereocenters. The fourth-order valence-electron chi connectivity index (χ4n) is 4.15. The number of fused-ring (bicyclic) bond motifs is 2. The number of nitrogens with zero attached hydrogens (tertiary/aromatic N) is 2. The van der Waals surface area contributed by atoms with Crippen LogP contribution in [0.15, 0.2) is 53.3 Å². The summed E-state index contributed by atoms with van der Waals surface area (Å²) in [5, 5.41) is 0.684. The van der Waals surface area contributed by atoms with Crippen LogP contribution in [0.25, 0.3) is 21.9 Å². The lowest BCUT2D eigenvalue weighted by molar-refractivity contribution is 0.0690. The zero-order valence-electron chi connectivity index (χ0n) is 15.1. The third-order valence-electron chi connectivity index (χ3n) is 5.55. The molecule has 0 spiro atoms. The van der Waals surface area contributed by atoms with Crippen molar-refractivity contribution < 1.29 is 9.18 Å². The molecule has 0 radical (unpaired) electrons. The van der Waals surface area contributed by atoms with Gasteiger partial charge in [0.2, 0.25) is 0 Å². The first-order chi connectivity index (χ1) is 13.6. The van der Waals surface area contributed by atoms with E-state index in [0.29, 0.717) is 37.0 Å². The van der Waals surface area contributed by atoms with E-state index in [9.17, 15) is 14.0 Å². The molecule has 142 valence electrons. The fraction of sp³-hybridized carbons (Fsp3) is 0.238. The standard InChI is InChI=1S/C21H19FN4O2/c22-14-5-6-16-13(11-14)12-18(23-16)20(27)25-9-7-15(8-10-25)26-19-4-2-1-3-17(19)24-21(26)28/h1-6,11-12,15,23H,7-10H2,(H,24,28). The molecule has 7 heteroatoms. The Kier molecular flexibility index (Phi) is 3.82. The number of rotatable bonds is 2. The number of carbonyl (C=O) groups excluding carboxylic acids is 1. The Hall–Kier alpha value is -3.35. The van der Waals surface area contributed by atoms with E-state index >= 15 is 0 Å². The molecule has 0 unspecified atom stereocenters. The highest BCUT2D eigenvalue weighted by atomic mass is 19.1. The Morgan fingerprint density at radius 3 is 2.61 bits per heavy atom. The number of para-hydroxylation sites is 2. The Morgan fingerprint density at radius 2 is 1.79 bits per heavy atom. The fourth-order valence-corrected chi connectivity index (χ4v) is 4.15. The van der Waals surface area contributed by atoms with Gasteiger partial charge in [-0.15, -0.1) is 0 Å². The number of halogens is 1. The molecule has 0 saturated carbocycles. The molecule has 6 nitrogen and oxygen atoms in total. The molecule has 2 N–H and O–H groups in total. The number of hydrogen-bond donors (Lipinski definition) is 2. The summed E-state index contributed by atoms with van der Waals surface area (Å²) in [5.74, 6) is -0.420. The maximum atomic E-state index is 13.4. The van der Waals surface area contributed by atoms with E-state index in [1.54, 1.807) is 17.0 Å². The molecular weight excluding hydrogens is 359 g/mol. The van der Waals surface area contributed by atoms with E-state index in [-0.39, 0.29) is 23.5 Å². The Labute approximate surface area is 159 Å². The smallest absolute Gasteiger partial charge is 0.326 e. The molecule has 0 aliphatic carbocycles. The van der Waals surface area contributed by atoms with E-state index in [1.807, 2.05) is 28.8 Å². The van der Waals surface area contributed by atoms with Crippen molar-refractivity contribution in [2.75, 3.05) is 13.1 Å². The third kappa shape index (κ3) is 2.70. The second-order valence-electron chi connectivity index (χ2n) is 7.26. The molecule has 1 saturated heterocycles. The largest absolute Gasteiger partial charge is 0.351 e. The summed E-state index contributed by atoms with van der Waals surface area (Å²) in [6.45, 7) is 1.14. The minimum atomic E-state index is -0.324. The number of nitrogens with one attached hydrogen (secondary N) is 2. The van der Waals surface area contributed by atoms with Crippen molar-refractivity contribution in [3.05, 3.63) is 70.5 Å². The number of aromatic amines is 2. The molecule has 4 aromatic rings. The van der Waals surface area contributed by atoms with Gasteiger partial charge in [-0.25, -0.2) is 9.18 Å². The zero-order chi connectivity index (χ0) is 19.3. The highest BCUT2D eigenvalue weighted by Gasteiger charge is 2.27. The number of piperidine rings is 1. The Morgan fingerprint density at radius 1 is 1.00 bits per heavy atom. The Balaban J connectivity index is 1.35. The molecule has 1 amide bonds. The summed E-state index contributed by atoms with van der Waals surface area (Å²) >= 11 is 0. The molecule has 2 aromatic carbocycles. The van der Waals surface area contributed by atoms with E-state index < -0.39 is 0 Å². The van der Waals surface area contributed by atoms with Crippen LogP contribution in [0, 0.1) is 5.82 Å². The van der Waals surface area contributed by atoms with Crippen LogP contribution in [0.3, 0.4) is 0 Å². The topological polar surface area (TPSA) is 73.9 Å². The van der Waals surface area contributed by atoms with Gasteiger partial charge in [-0.2, -0.15) is 0 Å². The number of hydrogen-bond acceptors (Lipinski definition) is 2. The van der Waals surface area contributed by atoms with Crippen molar-refractivity contribution in [2.24, 2.45) is 0 Å². The van der Waals surface area contributed by atoms with Gasteiger partial charge in [0.25, 0.3) is 5.91 Å². The number of aromatic nitrogens is 3. The lowest BCUT2D eigenvalue weighted by atomic mass is 10.0. The van der Waals surface area contributed by atoms with Crippen LogP contribution in [-0.2, 0) is 0 Å². The number of imidazole rings is 1. The zero-order valence-corrected chi connectivity index (χ0v) is 15.1. The minimum Gasteiger partial charge on any atom is -0.351 e. The van der Waals surface area contributed by atoms with Gasteiger partial charge in [0, 0.05) is 30.0 Å². The average molecular weight is 378 g/mol. The molecule has 5 rings (SSSR count). The third-order valence-corrected chi connectivity index (χ3v) is 5.55. The predicted molar refractivity (Wildman–Crippen MR) is 105 cm³/mol. The molecule has 3 heterocycles. The average Bonchev–Trinajstić information content (AvgIpc) is 3.27. The maximum Gasteiger partial charge on any atom is 0.326 e. The number of likely N-dealkylation sites (tertiary alicyclic amines) is 1. The van der Waals surface area contributed by atoms with E-state index in [2.05, 4.69) is 9.97 Å². The lowest BCUT2D eigenvalue weighted by Gasteiger charge is -2.32. The molecule has 1 aliphatic rings. The Bertz CT molecular complexity index is 1240.